The molecular weight excluding hydrogens is 465 g/mol. The molecule has 10 heteroatoms. The molecule has 0 spiro atoms. The molecule has 1 fully saturated rings. The molecule has 0 atom stereocenters. The molecule has 0 saturated carbocycles. The van der Waals surface area contributed by atoms with Gasteiger partial charge in [0, 0.05) is 30.0 Å². The van der Waals surface area contributed by atoms with Crippen LogP contribution in [0.5, 0.6) is 5.75 Å². The van der Waals surface area contributed by atoms with Crippen LogP contribution in [0.2, 0.25) is 0 Å². The number of carbonyl (C=O) groups is 1. The van der Waals surface area contributed by atoms with Crippen LogP contribution in [-0.4, -0.2) is 43.8 Å². The molecule has 1 aliphatic heterocycles. The second-order valence-corrected chi connectivity index (χ2v) is 10.7. The number of ether oxygens (including phenoxy) is 1. The normalized spacial score (nSPS) is 15.4. The van der Waals surface area contributed by atoms with Crippen molar-refractivity contribution < 1.29 is 22.3 Å². The summed E-state index contributed by atoms with van der Waals surface area (Å²) in [6.45, 7) is 2.46. The van der Waals surface area contributed by atoms with Crippen molar-refractivity contribution in [2.24, 2.45) is 5.92 Å². The van der Waals surface area contributed by atoms with E-state index in [1.165, 1.54) is 34.9 Å². The zero-order valence-corrected chi connectivity index (χ0v) is 19.9. The molecule has 0 unspecified atom stereocenters. The lowest BCUT2D eigenvalue weighted by molar-refractivity contribution is -0.120. The van der Waals surface area contributed by atoms with Gasteiger partial charge in [-0.25, -0.2) is 17.8 Å². The summed E-state index contributed by atoms with van der Waals surface area (Å²) in [6, 6.07) is 11.3. The largest absolute Gasteiger partial charge is 0.494 e. The van der Waals surface area contributed by atoms with Crippen molar-refractivity contribution in [3.63, 3.8) is 0 Å². The lowest BCUT2D eigenvalue weighted by atomic mass is 9.97. The highest BCUT2D eigenvalue weighted by Gasteiger charge is 2.32. The molecular formula is C23H24FN3O4S2. The number of halogens is 1. The summed E-state index contributed by atoms with van der Waals surface area (Å²) >= 11 is 1.25. The van der Waals surface area contributed by atoms with E-state index in [4.69, 9.17) is 4.74 Å². The molecule has 1 aliphatic rings. The Labute approximate surface area is 196 Å². The van der Waals surface area contributed by atoms with Gasteiger partial charge in [-0.1, -0.05) is 17.7 Å². The number of rotatable bonds is 6. The maximum absolute atomic E-state index is 14.0. The molecule has 2 heterocycles. The van der Waals surface area contributed by atoms with Crippen molar-refractivity contribution in [1.29, 1.82) is 0 Å². The molecule has 174 valence electrons. The lowest BCUT2D eigenvalue weighted by Crippen LogP contribution is -2.41. The van der Waals surface area contributed by atoms with E-state index in [1.807, 2.05) is 6.92 Å². The van der Waals surface area contributed by atoms with E-state index in [0.717, 1.165) is 5.56 Å². The first-order valence-electron chi connectivity index (χ1n) is 10.4. The zero-order chi connectivity index (χ0) is 23.6. The molecule has 0 bridgehead atoms. The van der Waals surface area contributed by atoms with Gasteiger partial charge in [0.2, 0.25) is 15.9 Å². The van der Waals surface area contributed by atoms with Crippen molar-refractivity contribution in [3.8, 4) is 17.0 Å². The number of carbonyl (C=O) groups excluding carboxylic acids is 1. The highest BCUT2D eigenvalue weighted by atomic mass is 32.2. The fourth-order valence-electron chi connectivity index (χ4n) is 3.71. The van der Waals surface area contributed by atoms with Crippen molar-refractivity contribution in [2.75, 3.05) is 25.5 Å². The van der Waals surface area contributed by atoms with E-state index in [-0.39, 0.29) is 35.6 Å². The minimum Gasteiger partial charge on any atom is -0.494 e. The van der Waals surface area contributed by atoms with E-state index in [9.17, 15) is 17.6 Å². The van der Waals surface area contributed by atoms with Crippen molar-refractivity contribution >= 4 is 32.4 Å². The Bertz CT molecular complexity index is 1250. The smallest absolute Gasteiger partial charge is 0.243 e. The van der Waals surface area contributed by atoms with Crippen LogP contribution < -0.4 is 10.1 Å². The fourth-order valence-corrected chi connectivity index (χ4v) is 5.91. The van der Waals surface area contributed by atoms with E-state index < -0.39 is 15.8 Å². The number of nitrogens with one attached hydrogen (secondary N) is 1. The fraction of sp³-hybridized carbons (Fsp3) is 0.304. The van der Waals surface area contributed by atoms with Crippen LogP contribution >= 0.6 is 11.3 Å². The van der Waals surface area contributed by atoms with Crippen molar-refractivity contribution in [1.82, 2.24) is 9.29 Å². The molecule has 1 amide bonds. The van der Waals surface area contributed by atoms with Gasteiger partial charge in [-0.3, -0.25) is 4.79 Å². The number of nitrogens with zero attached hydrogens (tertiary/aromatic N) is 2. The Kier molecular flexibility index (Phi) is 6.78. The van der Waals surface area contributed by atoms with Gasteiger partial charge < -0.3 is 10.1 Å². The third kappa shape index (κ3) is 5.07. The van der Waals surface area contributed by atoms with Gasteiger partial charge in [-0.05, 0) is 50.1 Å². The summed E-state index contributed by atoms with van der Waals surface area (Å²) in [5.41, 5.74) is 2.13. The van der Waals surface area contributed by atoms with Crippen molar-refractivity contribution in [3.05, 3.63) is 59.2 Å². The minimum absolute atomic E-state index is 0.151. The Morgan fingerprint density at radius 2 is 1.88 bits per heavy atom. The third-order valence-corrected chi connectivity index (χ3v) is 8.34. The third-order valence-electron chi connectivity index (χ3n) is 5.67. The summed E-state index contributed by atoms with van der Waals surface area (Å²) < 4.78 is 46.0. The average molecular weight is 490 g/mol. The first-order valence-corrected chi connectivity index (χ1v) is 12.8. The number of aromatic nitrogens is 1. The van der Waals surface area contributed by atoms with Crippen LogP contribution in [0.3, 0.4) is 0 Å². The number of anilines is 1. The number of thiazole rings is 1. The van der Waals surface area contributed by atoms with E-state index in [1.54, 1.807) is 35.7 Å². The summed E-state index contributed by atoms with van der Waals surface area (Å²) in [6.07, 6.45) is 0.859. The standard InChI is InChI=1S/C23H24FN3O4S2/c1-15-3-6-18(7-4-15)33(29,30)27-11-9-16(10-12-27)22(28)26-23-25-20(14-32-23)17-5-8-21(31-2)19(24)13-17/h3-8,13-14,16H,9-12H2,1-2H3,(H,25,26,28). The molecule has 0 aliphatic carbocycles. The maximum Gasteiger partial charge on any atom is 0.243 e. The molecule has 33 heavy (non-hydrogen) atoms. The SMILES string of the molecule is COc1ccc(-c2csc(NC(=O)C3CCN(S(=O)(=O)c4ccc(C)cc4)CC3)n2)cc1F. The van der Waals surface area contributed by atoms with Gasteiger partial charge in [0.15, 0.2) is 16.7 Å². The quantitative estimate of drug-likeness (QED) is 0.558. The molecule has 1 aromatic heterocycles. The summed E-state index contributed by atoms with van der Waals surface area (Å²) in [5.74, 6) is -0.830. The monoisotopic (exact) mass is 489 g/mol. The number of hydrogen-bond acceptors (Lipinski definition) is 6. The minimum atomic E-state index is -3.57. The highest BCUT2D eigenvalue weighted by molar-refractivity contribution is 7.89. The maximum atomic E-state index is 14.0. The number of sulfonamides is 1. The molecule has 2 aromatic carbocycles. The Hall–Kier alpha value is -2.82. The topological polar surface area (TPSA) is 88.6 Å². The highest BCUT2D eigenvalue weighted by Crippen LogP contribution is 2.30. The number of hydrogen-bond donors (Lipinski definition) is 1. The summed E-state index contributed by atoms with van der Waals surface area (Å²) in [7, 11) is -2.17. The summed E-state index contributed by atoms with van der Waals surface area (Å²) in [4.78, 5) is 17.4. The van der Waals surface area contributed by atoms with E-state index in [2.05, 4.69) is 10.3 Å². The van der Waals surface area contributed by atoms with Crippen LogP contribution in [0.25, 0.3) is 11.3 Å². The van der Waals surface area contributed by atoms with Crippen molar-refractivity contribution in [2.45, 2.75) is 24.7 Å². The van der Waals surface area contributed by atoms with Crippen LogP contribution in [0.15, 0.2) is 52.7 Å². The van der Waals surface area contributed by atoms with Crippen LogP contribution in [0.4, 0.5) is 9.52 Å². The van der Waals surface area contributed by atoms with Gasteiger partial charge in [0.25, 0.3) is 0 Å². The zero-order valence-electron chi connectivity index (χ0n) is 18.2. The van der Waals surface area contributed by atoms with Gasteiger partial charge in [-0.2, -0.15) is 4.31 Å². The molecule has 0 radical (unpaired) electrons. The first-order chi connectivity index (χ1) is 15.8. The van der Waals surface area contributed by atoms with Crippen LogP contribution in [0.1, 0.15) is 18.4 Å². The second kappa shape index (κ2) is 9.58. The number of methoxy groups -OCH3 is 1. The molecule has 4 rings (SSSR count). The first kappa shape index (κ1) is 23.3. The van der Waals surface area contributed by atoms with Gasteiger partial charge in [-0.15, -0.1) is 11.3 Å². The van der Waals surface area contributed by atoms with E-state index in [0.29, 0.717) is 29.2 Å². The molecule has 1 saturated heterocycles. The Morgan fingerprint density at radius 1 is 1.18 bits per heavy atom. The predicted octanol–water partition coefficient (Wildman–Crippen LogP) is 4.31. The van der Waals surface area contributed by atoms with Gasteiger partial charge >= 0.3 is 0 Å². The second-order valence-electron chi connectivity index (χ2n) is 7.87. The van der Waals surface area contributed by atoms with Crippen LogP contribution in [-0.2, 0) is 14.8 Å². The Morgan fingerprint density at radius 3 is 2.52 bits per heavy atom. The number of aryl methyl sites for hydroxylation is 1. The number of amides is 1. The Balaban J connectivity index is 1.36. The molecule has 3 aromatic rings. The van der Waals surface area contributed by atoms with Gasteiger partial charge in [0.1, 0.15) is 0 Å². The lowest BCUT2D eigenvalue weighted by Gasteiger charge is -2.30. The number of benzene rings is 2. The van der Waals surface area contributed by atoms with Crippen LogP contribution in [0, 0.1) is 18.7 Å². The molecule has 1 N–H and O–H groups in total. The van der Waals surface area contributed by atoms with Gasteiger partial charge in [0.05, 0.1) is 17.7 Å². The predicted molar refractivity (Wildman–Crippen MR) is 125 cm³/mol. The summed E-state index contributed by atoms with van der Waals surface area (Å²) in [5, 5.41) is 4.97. The van der Waals surface area contributed by atoms with E-state index >= 15 is 0 Å². The molecule has 7 nitrogen and oxygen atoms in total. The number of piperidine rings is 1. The average Bonchev–Trinajstić information content (AvgIpc) is 3.28.